The van der Waals surface area contributed by atoms with Crippen LogP contribution in [0.5, 0.6) is 5.75 Å². The van der Waals surface area contributed by atoms with E-state index in [1.54, 1.807) is 7.11 Å². The molecule has 0 saturated carbocycles. The van der Waals surface area contributed by atoms with Crippen LogP contribution in [0.25, 0.3) is 0 Å². The molecule has 76 valence electrons. The molecule has 1 N–H and O–H groups in total. The van der Waals surface area contributed by atoms with Crippen molar-refractivity contribution in [1.29, 1.82) is 0 Å². The van der Waals surface area contributed by atoms with Gasteiger partial charge in [0, 0.05) is 6.04 Å². The predicted molar refractivity (Wildman–Crippen MR) is 57.7 cm³/mol. The molecule has 2 nitrogen and oxygen atoms in total. The fourth-order valence-corrected chi connectivity index (χ4v) is 2.02. The van der Waals surface area contributed by atoms with Crippen LogP contribution >= 0.6 is 0 Å². The van der Waals surface area contributed by atoms with Gasteiger partial charge in [-0.3, -0.25) is 0 Å². The molecule has 0 aliphatic carbocycles. The normalized spacial score (nSPS) is 21.1. The van der Waals surface area contributed by atoms with Gasteiger partial charge in [0.25, 0.3) is 0 Å². The fourth-order valence-electron chi connectivity index (χ4n) is 2.02. The first kappa shape index (κ1) is 9.53. The zero-order valence-corrected chi connectivity index (χ0v) is 8.84. The van der Waals surface area contributed by atoms with Gasteiger partial charge in [0.15, 0.2) is 0 Å². The minimum atomic E-state index is 0.532. The van der Waals surface area contributed by atoms with Crippen molar-refractivity contribution in [2.45, 2.75) is 25.8 Å². The number of rotatable bonds is 2. The van der Waals surface area contributed by atoms with Crippen LogP contribution < -0.4 is 10.1 Å². The van der Waals surface area contributed by atoms with Crippen LogP contribution in [0, 0.1) is 6.92 Å². The SMILES string of the molecule is COc1cc([C@@H]2CCCN2)ccc1C. The lowest BCUT2D eigenvalue weighted by Crippen LogP contribution is -2.12. The van der Waals surface area contributed by atoms with Crippen molar-refractivity contribution >= 4 is 0 Å². The van der Waals surface area contributed by atoms with Gasteiger partial charge in [-0.15, -0.1) is 0 Å². The lowest BCUT2D eigenvalue weighted by molar-refractivity contribution is 0.410. The van der Waals surface area contributed by atoms with Gasteiger partial charge in [0.2, 0.25) is 0 Å². The van der Waals surface area contributed by atoms with E-state index in [1.807, 2.05) is 0 Å². The summed E-state index contributed by atoms with van der Waals surface area (Å²) >= 11 is 0. The average Bonchev–Trinajstić information content (AvgIpc) is 2.71. The summed E-state index contributed by atoms with van der Waals surface area (Å²) in [6.45, 7) is 3.21. The molecule has 0 unspecified atom stereocenters. The molecular weight excluding hydrogens is 174 g/mol. The highest BCUT2D eigenvalue weighted by molar-refractivity contribution is 5.38. The van der Waals surface area contributed by atoms with E-state index in [9.17, 15) is 0 Å². The molecule has 1 fully saturated rings. The molecule has 1 heterocycles. The summed E-state index contributed by atoms with van der Waals surface area (Å²) in [5.41, 5.74) is 2.55. The first-order valence-corrected chi connectivity index (χ1v) is 5.19. The minimum absolute atomic E-state index is 0.532. The Hall–Kier alpha value is -1.02. The summed E-state index contributed by atoms with van der Waals surface area (Å²) in [4.78, 5) is 0. The molecule has 1 saturated heterocycles. The van der Waals surface area contributed by atoms with Gasteiger partial charge in [0.1, 0.15) is 5.75 Å². The number of hydrogen-bond acceptors (Lipinski definition) is 2. The van der Waals surface area contributed by atoms with Gasteiger partial charge in [-0.1, -0.05) is 12.1 Å². The number of ether oxygens (including phenoxy) is 1. The smallest absolute Gasteiger partial charge is 0.122 e. The molecule has 0 spiro atoms. The molecule has 0 bridgehead atoms. The second kappa shape index (κ2) is 4.01. The molecule has 0 amide bonds. The Balaban J connectivity index is 2.25. The number of aryl methyl sites for hydroxylation is 1. The second-order valence-corrected chi connectivity index (χ2v) is 3.88. The maximum absolute atomic E-state index is 5.32. The Morgan fingerprint density at radius 3 is 2.93 bits per heavy atom. The summed E-state index contributed by atoms with van der Waals surface area (Å²) in [6.07, 6.45) is 2.52. The van der Waals surface area contributed by atoms with Gasteiger partial charge < -0.3 is 10.1 Å². The Morgan fingerprint density at radius 2 is 2.29 bits per heavy atom. The van der Waals surface area contributed by atoms with E-state index < -0.39 is 0 Å². The Bertz CT molecular complexity index is 316. The molecule has 2 heteroatoms. The lowest BCUT2D eigenvalue weighted by Gasteiger charge is -2.13. The molecule has 1 atom stereocenters. The summed E-state index contributed by atoms with van der Waals surface area (Å²) in [5.74, 6) is 0.996. The van der Waals surface area contributed by atoms with Gasteiger partial charge in [-0.05, 0) is 43.5 Å². The van der Waals surface area contributed by atoms with E-state index in [4.69, 9.17) is 4.74 Å². The molecule has 1 aliphatic rings. The van der Waals surface area contributed by atoms with Crippen molar-refractivity contribution in [3.8, 4) is 5.75 Å². The Morgan fingerprint density at radius 1 is 1.43 bits per heavy atom. The molecule has 2 rings (SSSR count). The third kappa shape index (κ3) is 1.75. The Kier molecular flexibility index (Phi) is 2.73. The Labute approximate surface area is 85.3 Å². The molecule has 0 aromatic heterocycles. The highest BCUT2D eigenvalue weighted by Gasteiger charge is 2.16. The number of methoxy groups -OCH3 is 1. The first-order valence-electron chi connectivity index (χ1n) is 5.19. The topological polar surface area (TPSA) is 21.3 Å². The third-order valence-electron chi connectivity index (χ3n) is 2.89. The van der Waals surface area contributed by atoms with Gasteiger partial charge in [-0.25, -0.2) is 0 Å². The van der Waals surface area contributed by atoms with Gasteiger partial charge in [0.05, 0.1) is 7.11 Å². The highest BCUT2D eigenvalue weighted by atomic mass is 16.5. The van der Waals surface area contributed by atoms with Crippen LogP contribution in [0.4, 0.5) is 0 Å². The van der Waals surface area contributed by atoms with Crippen LogP contribution in [-0.4, -0.2) is 13.7 Å². The van der Waals surface area contributed by atoms with E-state index in [1.165, 1.54) is 24.0 Å². The van der Waals surface area contributed by atoms with Crippen LogP contribution in [-0.2, 0) is 0 Å². The molecular formula is C12H17NO. The second-order valence-electron chi connectivity index (χ2n) is 3.88. The summed E-state index contributed by atoms with van der Waals surface area (Å²) in [6, 6.07) is 7.01. The number of nitrogens with one attached hydrogen (secondary N) is 1. The van der Waals surface area contributed by atoms with Gasteiger partial charge in [-0.2, -0.15) is 0 Å². The van der Waals surface area contributed by atoms with E-state index in [2.05, 4.69) is 30.4 Å². The van der Waals surface area contributed by atoms with Crippen molar-refractivity contribution in [3.05, 3.63) is 29.3 Å². The standard InChI is InChI=1S/C12H17NO/c1-9-5-6-10(8-12(9)14-2)11-4-3-7-13-11/h5-6,8,11,13H,3-4,7H2,1-2H3/t11-/m0/s1. The van der Waals surface area contributed by atoms with Crippen molar-refractivity contribution in [2.75, 3.05) is 13.7 Å². The van der Waals surface area contributed by atoms with Crippen molar-refractivity contribution in [3.63, 3.8) is 0 Å². The van der Waals surface area contributed by atoms with Crippen molar-refractivity contribution in [1.82, 2.24) is 5.32 Å². The minimum Gasteiger partial charge on any atom is -0.496 e. The average molecular weight is 191 g/mol. The number of hydrogen-bond donors (Lipinski definition) is 1. The largest absolute Gasteiger partial charge is 0.496 e. The zero-order chi connectivity index (χ0) is 9.97. The molecule has 1 aliphatic heterocycles. The summed E-state index contributed by atoms with van der Waals surface area (Å²) < 4.78 is 5.32. The van der Waals surface area contributed by atoms with Gasteiger partial charge >= 0.3 is 0 Å². The van der Waals surface area contributed by atoms with E-state index >= 15 is 0 Å². The van der Waals surface area contributed by atoms with E-state index in [-0.39, 0.29) is 0 Å². The van der Waals surface area contributed by atoms with Crippen LogP contribution in [0.1, 0.15) is 30.0 Å². The van der Waals surface area contributed by atoms with Crippen LogP contribution in [0.15, 0.2) is 18.2 Å². The van der Waals surface area contributed by atoms with Crippen LogP contribution in [0.3, 0.4) is 0 Å². The fraction of sp³-hybridized carbons (Fsp3) is 0.500. The van der Waals surface area contributed by atoms with Crippen molar-refractivity contribution in [2.24, 2.45) is 0 Å². The third-order valence-corrected chi connectivity index (χ3v) is 2.89. The van der Waals surface area contributed by atoms with Crippen LogP contribution in [0.2, 0.25) is 0 Å². The molecule has 14 heavy (non-hydrogen) atoms. The maximum Gasteiger partial charge on any atom is 0.122 e. The molecule has 1 aromatic carbocycles. The molecule has 1 aromatic rings. The molecule has 0 radical (unpaired) electrons. The maximum atomic E-state index is 5.32. The summed E-state index contributed by atoms with van der Waals surface area (Å²) in [5, 5.41) is 3.49. The van der Waals surface area contributed by atoms with E-state index in [0.717, 1.165) is 12.3 Å². The van der Waals surface area contributed by atoms with Crippen molar-refractivity contribution < 1.29 is 4.74 Å². The zero-order valence-electron chi connectivity index (χ0n) is 8.84. The lowest BCUT2D eigenvalue weighted by atomic mass is 10.0. The summed E-state index contributed by atoms with van der Waals surface area (Å²) in [7, 11) is 1.73. The monoisotopic (exact) mass is 191 g/mol. The quantitative estimate of drug-likeness (QED) is 0.775. The number of benzene rings is 1. The van der Waals surface area contributed by atoms with E-state index in [0.29, 0.717) is 6.04 Å². The highest BCUT2D eigenvalue weighted by Crippen LogP contribution is 2.27. The predicted octanol–water partition coefficient (Wildman–Crippen LogP) is 2.43. The first-order chi connectivity index (χ1) is 6.81.